The molecule has 0 unspecified atom stereocenters. The summed E-state index contributed by atoms with van der Waals surface area (Å²) in [6.45, 7) is 2.06. The smallest absolute Gasteiger partial charge is 0.407 e. The number of hydrogen-bond donors (Lipinski definition) is 2. The van der Waals surface area contributed by atoms with Crippen LogP contribution in [0.25, 0.3) is 0 Å². The van der Waals surface area contributed by atoms with Gasteiger partial charge < -0.3 is 10.2 Å². The van der Waals surface area contributed by atoms with Gasteiger partial charge in [-0.15, -0.1) is 0 Å². The van der Waals surface area contributed by atoms with Crippen LogP contribution < -0.4 is 0 Å². The summed E-state index contributed by atoms with van der Waals surface area (Å²) < 4.78 is 0. The molecule has 1 fully saturated rings. The molecule has 0 radical (unpaired) electrons. The molecule has 18 heavy (non-hydrogen) atoms. The van der Waals surface area contributed by atoms with Crippen molar-refractivity contribution in [1.82, 2.24) is 4.90 Å². The van der Waals surface area contributed by atoms with Gasteiger partial charge in [-0.2, -0.15) is 0 Å². The van der Waals surface area contributed by atoms with Crippen molar-refractivity contribution in [3.63, 3.8) is 0 Å². The van der Waals surface area contributed by atoms with Gasteiger partial charge in [-0.3, -0.25) is 4.90 Å². The Labute approximate surface area is 107 Å². The summed E-state index contributed by atoms with van der Waals surface area (Å²) in [4.78, 5) is 12.8. The predicted molar refractivity (Wildman–Crippen MR) is 68.3 cm³/mol. The van der Waals surface area contributed by atoms with Gasteiger partial charge in [0, 0.05) is 6.54 Å². The maximum absolute atomic E-state index is 11.4. The van der Waals surface area contributed by atoms with Crippen LogP contribution in [0.1, 0.15) is 31.7 Å². The van der Waals surface area contributed by atoms with Gasteiger partial charge in [0.05, 0.1) is 11.6 Å². The van der Waals surface area contributed by atoms with Gasteiger partial charge >= 0.3 is 6.09 Å². The van der Waals surface area contributed by atoms with Gasteiger partial charge in [0.15, 0.2) is 0 Å². The molecule has 0 heterocycles. The van der Waals surface area contributed by atoms with Crippen molar-refractivity contribution >= 4 is 6.09 Å². The lowest BCUT2D eigenvalue weighted by atomic mass is 9.98. The van der Waals surface area contributed by atoms with Crippen LogP contribution in [0.15, 0.2) is 30.3 Å². The molecule has 1 aliphatic rings. The third-order valence-electron chi connectivity index (χ3n) is 3.70. The fraction of sp³-hybridized carbons (Fsp3) is 0.500. The highest BCUT2D eigenvalue weighted by molar-refractivity contribution is 5.65. The Hall–Kier alpha value is -1.55. The van der Waals surface area contributed by atoms with E-state index in [0.717, 1.165) is 18.4 Å². The zero-order valence-corrected chi connectivity index (χ0v) is 10.5. The number of carboxylic acid groups (broad SMARTS) is 1. The number of hydrogen-bond acceptors (Lipinski definition) is 2. The average molecular weight is 249 g/mol. The van der Waals surface area contributed by atoms with Crippen molar-refractivity contribution in [2.75, 3.05) is 0 Å². The zero-order chi connectivity index (χ0) is 13.2. The Morgan fingerprint density at radius 1 is 1.44 bits per heavy atom. The lowest BCUT2D eigenvalue weighted by Gasteiger charge is -2.34. The molecule has 2 N–H and O–H groups in total. The van der Waals surface area contributed by atoms with E-state index in [1.807, 2.05) is 30.3 Å². The molecule has 2 rings (SSSR count). The van der Waals surface area contributed by atoms with Crippen LogP contribution in [0.5, 0.6) is 0 Å². The lowest BCUT2D eigenvalue weighted by molar-refractivity contribution is -0.0103. The van der Waals surface area contributed by atoms with Crippen molar-refractivity contribution in [2.45, 2.75) is 44.4 Å². The molecule has 2 atom stereocenters. The van der Waals surface area contributed by atoms with Crippen LogP contribution in [0.3, 0.4) is 0 Å². The molecule has 0 aromatic heterocycles. The molecule has 1 aromatic carbocycles. The molecule has 4 heteroatoms. The van der Waals surface area contributed by atoms with Crippen LogP contribution in [0.4, 0.5) is 4.79 Å². The predicted octanol–water partition coefficient (Wildman–Crippen LogP) is 2.47. The summed E-state index contributed by atoms with van der Waals surface area (Å²) in [5.41, 5.74) is 0.0373. The molecule has 0 spiro atoms. The molecular weight excluding hydrogens is 230 g/mol. The molecule has 4 nitrogen and oxygen atoms in total. The van der Waals surface area contributed by atoms with Crippen molar-refractivity contribution in [3.8, 4) is 0 Å². The Morgan fingerprint density at radius 2 is 2.11 bits per heavy atom. The number of benzene rings is 1. The fourth-order valence-electron chi connectivity index (χ4n) is 2.71. The summed E-state index contributed by atoms with van der Waals surface area (Å²) in [6, 6.07) is 9.18. The van der Waals surface area contributed by atoms with E-state index in [4.69, 9.17) is 0 Å². The van der Waals surface area contributed by atoms with E-state index in [2.05, 4.69) is 0 Å². The first kappa shape index (κ1) is 12.9. The van der Waals surface area contributed by atoms with Crippen LogP contribution in [-0.4, -0.2) is 32.8 Å². The molecule has 98 valence electrons. The van der Waals surface area contributed by atoms with E-state index in [1.165, 1.54) is 4.90 Å². The summed E-state index contributed by atoms with van der Waals surface area (Å²) in [7, 11) is 0. The fourth-order valence-corrected chi connectivity index (χ4v) is 2.71. The summed E-state index contributed by atoms with van der Waals surface area (Å²) in [5, 5.41) is 19.6. The number of nitrogens with zero attached hydrogens (tertiary/aromatic N) is 1. The quantitative estimate of drug-likeness (QED) is 0.865. The number of carbonyl (C=O) groups is 1. The zero-order valence-electron chi connectivity index (χ0n) is 10.5. The highest BCUT2D eigenvalue weighted by Crippen LogP contribution is 2.34. The molecule has 0 aliphatic heterocycles. The lowest BCUT2D eigenvalue weighted by Crippen LogP contribution is -2.49. The highest BCUT2D eigenvalue weighted by Gasteiger charge is 2.42. The SMILES string of the molecule is C[C@@]1(O)CCC[C@H]1N(Cc1ccccc1)C(=O)O. The minimum absolute atomic E-state index is 0.310. The van der Waals surface area contributed by atoms with Gasteiger partial charge in [0.1, 0.15) is 0 Å². The van der Waals surface area contributed by atoms with Crippen molar-refractivity contribution in [3.05, 3.63) is 35.9 Å². The number of aliphatic hydroxyl groups is 1. The van der Waals surface area contributed by atoms with E-state index in [1.54, 1.807) is 6.92 Å². The molecule has 1 saturated carbocycles. The minimum Gasteiger partial charge on any atom is -0.465 e. The van der Waals surface area contributed by atoms with Crippen LogP contribution in [0, 0.1) is 0 Å². The third-order valence-corrected chi connectivity index (χ3v) is 3.70. The summed E-state index contributed by atoms with van der Waals surface area (Å²) >= 11 is 0. The molecular formula is C14H19NO3. The standard InChI is InChI=1S/C14H19NO3/c1-14(18)9-5-8-12(14)15(13(16)17)10-11-6-3-2-4-7-11/h2-4,6-7,12,18H,5,8-10H2,1H3,(H,16,17)/t12-,14-/m1/s1. The summed E-state index contributed by atoms with van der Waals surface area (Å²) in [6.07, 6.45) is 1.30. The van der Waals surface area contributed by atoms with Crippen LogP contribution >= 0.6 is 0 Å². The Bertz CT molecular complexity index is 416. The van der Waals surface area contributed by atoms with E-state index >= 15 is 0 Å². The first-order chi connectivity index (χ1) is 8.50. The maximum atomic E-state index is 11.4. The van der Waals surface area contributed by atoms with E-state index < -0.39 is 11.7 Å². The van der Waals surface area contributed by atoms with Crippen LogP contribution in [0.2, 0.25) is 0 Å². The van der Waals surface area contributed by atoms with Crippen LogP contribution in [-0.2, 0) is 6.54 Å². The summed E-state index contributed by atoms with van der Waals surface area (Å²) in [5.74, 6) is 0. The second-order valence-corrected chi connectivity index (χ2v) is 5.16. The Kier molecular flexibility index (Phi) is 3.57. The topological polar surface area (TPSA) is 60.8 Å². The first-order valence-electron chi connectivity index (χ1n) is 6.26. The Morgan fingerprint density at radius 3 is 2.61 bits per heavy atom. The molecule has 0 bridgehead atoms. The third kappa shape index (κ3) is 2.64. The van der Waals surface area contributed by atoms with E-state index in [9.17, 15) is 15.0 Å². The largest absolute Gasteiger partial charge is 0.465 e. The highest BCUT2D eigenvalue weighted by atomic mass is 16.4. The van der Waals surface area contributed by atoms with Crippen molar-refractivity contribution < 1.29 is 15.0 Å². The first-order valence-corrected chi connectivity index (χ1v) is 6.26. The van der Waals surface area contributed by atoms with Gasteiger partial charge in [0.25, 0.3) is 0 Å². The monoisotopic (exact) mass is 249 g/mol. The Balaban J connectivity index is 2.17. The van der Waals surface area contributed by atoms with E-state index in [0.29, 0.717) is 13.0 Å². The molecule has 1 amide bonds. The van der Waals surface area contributed by atoms with Gasteiger partial charge in [0.2, 0.25) is 0 Å². The maximum Gasteiger partial charge on any atom is 0.407 e. The average Bonchev–Trinajstić information content (AvgIpc) is 2.67. The normalized spacial score (nSPS) is 27.1. The van der Waals surface area contributed by atoms with Crippen molar-refractivity contribution in [1.29, 1.82) is 0 Å². The van der Waals surface area contributed by atoms with Crippen molar-refractivity contribution in [2.24, 2.45) is 0 Å². The number of rotatable bonds is 3. The molecule has 0 saturated heterocycles. The second-order valence-electron chi connectivity index (χ2n) is 5.16. The van der Waals surface area contributed by atoms with Gasteiger partial charge in [-0.05, 0) is 31.7 Å². The number of amides is 1. The van der Waals surface area contributed by atoms with Gasteiger partial charge in [-0.25, -0.2) is 4.79 Å². The van der Waals surface area contributed by atoms with Gasteiger partial charge in [-0.1, -0.05) is 30.3 Å². The van der Waals surface area contributed by atoms with E-state index in [-0.39, 0.29) is 6.04 Å². The second kappa shape index (κ2) is 4.98. The minimum atomic E-state index is -0.967. The molecule has 1 aromatic rings. The molecule has 1 aliphatic carbocycles.